The van der Waals surface area contributed by atoms with Crippen LogP contribution < -0.4 is 5.32 Å². The van der Waals surface area contributed by atoms with Crippen molar-refractivity contribution < 1.29 is 8.42 Å². The van der Waals surface area contributed by atoms with Gasteiger partial charge >= 0.3 is 0 Å². The molecule has 0 radical (unpaired) electrons. The predicted molar refractivity (Wildman–Crippen MR) is 77.2 cm³/mol. The van der Waals surface area contributed by atoms with Gasteiger partial charge in [0, 0.05) is 26.2 Å². The lowest BCUT2D eigenvalue weighted by atomic mass is 9.98. The van der Waals surface area contributed by atoms with Crippen molar-refractivity contribution in [2.75, 3.05) is 39.3 Å². The maximum Gasteiger partial charge on any atom is 0.281 e. The summed E-state index contributed by atoms with van der Waals surface area (Å²) in [7, 11) is -3.18. The van der Waals surface area contributed by atoms with Gasteiger partial charge in [0.1, 0.15) is 0 Å². The van der Waals surface area contributed by atoms with Crippen LogP contribution in [0.25, 0.3) is 0 Å². The first-order valence-electron chi connectivity index (χ1n) is 7.60. The molecule has 0 aromatic carbocycles. The van der Waals surface area contributed by atoms with Gasteiger partial charge in [0.25, 0.3) is 10.2 Å². The summed E-state index contributed by atoms with van der Waals surface area (Å²) in [6.07, 6.45) is 5.16. The van der Waals surface area contributed by atoms with E-state index in [4.69, 9.17) is 0 Å². The van der Waals surface area contributed by atoms with Crippen LogP contribution in [0.15, 0.2) is 0 Å². The molecule has 0 spiro atoms. The van der Waals surface area contributed by atoms with Gasteiger partial charge in [0.15, 0.2) is 0 Å². The van der Waals surface area contributed by atoms with E-state index < -0.39 is 10.2 Å². The van der Waals surface area contributed by atoms with Crippen LogP contribution in [0.2, 0.25) is 0 Å². The van der Waals surface area contributed by atoms with Crippen molar-refractivity contribution in [1.29, 1.82) is 0 Å². The second-order valence-electron chi connectivity index (χ2n) is 5.62. The minimum Gasteiger partial charge on any atom is -0.317 e. The largest absolute Gasteiger partial charge is 0.317 e. The molecule has 2 rings (SSSR count). The number of piperidine rings is 2. The lowest BCUT2D eigenvalue weighted by Crippen LogP contribution is -2.49. The maximum atomic E-state index is 12.5. The highest BCUT2D eigenvalue weighted by Crippen LogP contribution is 2.23. The molecule has 6 heteroatoms. The van der Waals surface area contributed by atoms with Gasteiger partial charge in [0.05, 0.1) is 0 Å². The Bertz CT molecular complexity index is 358. The van der Waals surface area contributed by atoms with Gasteiger partial charge in [-0.15, -0.1) is 0 Å². The van der Waals surface area contributed by atoms with E-state index in [0.29, 0.717) is 32.1 Å². The van der Waals surface area contributed by atoms with Crippen LogP contribution in [-0.2, 0) is 10.2 Å². The summed E-state index contributed by atoms with van der Waals surface area (Å²) in [5.74, 6) is 0.632. The minimum absolute atomic E-state index is 0.632. The Morgan fingerprint density at radius 1 is 1.00 bits per heavy atom. The van der Waals surface area contributed by atoms with E-state index in [0.717, 1.165) is 45.2 Å². The van der Waals surface area contributed by atoms with Crippen molar-refractivity contribution in [1.82, 2.24) is 13.9 Å². The Labute approximate surface area is 117 Å². The van der Waals surface area contributed by atoms with Crippen LogP contribution in [0.3, 0.4) is 0 Å². The second kappa shape index (κ2) is 7.02. The molecular weight excluding hydrogens is 262 g/mol. The van der Waals surface area contributed by atoms with E-state index in [1.165, 1.54) is 0 Å². The normalized spacial score (nSPS) is 24.7. The van der Waals surface area contributed by atoms with Gasteiger partial charge in [-0.2, -0.15) is 17.0 Å². The van der Waals surface area contributed by atoms with Crippen molar-refractivity contribution in [3.8, 4) is 0 Å². The number of rotatable bonds is 5. The van der Waals surface area contributed by atoms with Gasteiger partial charge < -0.3 is 5.32 Å². The number of hydrogen-bond donors (Lipinski definition) is 1. The SMILES string of the molecule is CCNCC1CCN(S(=O)(=O)N2CCCCC2)CC1. The quantitative estimate of drug-likeness (QED) is 0.823. The molecule has 2 aliphatic heterocycles. The number of hydrogen-bond acceptors (Lipinski definition) is 3. The molecule has 19 heavy (non-hydrogen) atoms. The average Bonchev–Trinajstić information content (AvgIpc) is 2.46. The third kappa shape index (κ3) is 3.90. The molecule has 0 aliphatic carbocycles. The molecule has 0 aromatic rings. The van der Waals surface area contributed by atoms with E-state index in [2.05, 4.69) is 12.2 Å². The standard InChI is InChI=1S/C13H27N3O2S/c1-2-14-12-13-6-10-16(11-7-13)19(17,18)15-8-4-3-5-9-15/h13-14H,2-12H2,1H3. The molecule has 2 saturated heterocycles. The van der Waals surface area contributed by atoms with Crippen molar-refractivity contribution in [2.24, 2.45) is 5.92 Å². The van der Waals surface area contributed by atoms with Gasteiger partial charge in [-0.3, -0.25) is 0 Å². The molecule has 0 atom stereocenters. The van der Waals surface area contributed by atoms with E-state index in [1.54, 1.807) is 8.61 Å². The van der Waals surface area contributed by atoms with Gasteiger partial charge in [-0.1, -0.05) is 13.3 Å². The third-order valence-corrected chi connectivity index (χ3v) is 6.26. The summed E-state index contributed by atoms with van der Waals surface area (Å²) in [5.41, 5.74) is 0. The Balaban J connectivity index is 1.85. The first-order valence-corrected chi connectivity index (χ1v) is 9.00. The van der Waals surface area contributed by atoms with Crippen LogP contribution >= 0.6 is 0 Å². The maximum absolute atomic E-state index is 12.5. The summed E-state index contributed by atoms with van der Waals surface area (Å²) >= 11 is 0. The van der Waals surface area contributed by atoms with Crippen LogP contribution in [0, 0.1) is 5.92 Å². The average molecular weight is 289 g/mol. The van der Waals surface area contributed by atoms with Crippen molar-refractivity contribution in [3.05, 3.63) is 0 Å². The van der Waals surface area contributed by atoms with Crippen LogP contribution in [0.5, 0.6) is 0 Å². The Kier molecular flexibility index (Phi) is 5.62. The van der Waals surface area contributed by atoms with Crippen molar-refractivity contribution in [3.63, 3.8) is 0 Å². The van der Waals surface area contributed by atoms with Crippen molar-refractivity contribution >= 4 is 10.2 Å². The highest BCUT2D eigenvalue weighted by Gasteiger charge is 2.33. The van der Waals surface area contributed by atoms with Crippen LogP contribution in [0.4, 0.5) is 0 Å². The molecule has 2 heterocycles. The predicted octanol–water partition coefficient (Wildman–Crippen LogP) is 1.04. The molecular formula is C13H27N3O2S. The summed E-state index contributed by atoms with van der Waals surface area (Å²) in [5, 5.41) is 3.36. The lowest BCUT2D eigenvalue weighted by Gasteiger charge is -2.36. The van der Waals surface area contributed by atoms with Gasteiger partial charge in [-0.05, 0) is 44.7 Å². The van der Waals surface area contributed by atoms with Crippen LogP contribution in [0.1, 0.15) is 39.0 Å². The second-order valence-corrected chi connectivity index (χ2v) is 7.55. The summed E-state index contributed by atoms with van der Waals surface area (Å²) < 4.78 is 28.4. The molecule has 5 nitrogen and oxygen atoms in total. The fourth-order valence-electron chi connectivity index (χ4n) is 2.95. The monoisotopic (exact) mass is 289 g/mol. The molecule has 1 N–H and O–H groups in total. The molecule has 2 aliphatic rings. The lowest BCUT2D eigenvalue weighted by molar-refractivity contribution is 0.242. The zero-order valence-electron chi connectivity index (χ0n) is 12.0. The Hall–Kier alpha value is -0.170. The summed E-state index contributed by atoms with van der Waals surface area (Å²) in [6, 6.07) is 0. The topological polar surface area (TPSA) is 52.7 Å². The van der Waals surface area contributed by atoms with Crippen molar-refractivity contribution in [2.45, 2.75) is 39.0 Å². The molecule has 0 aromatic heterocycles. The summed E-state index contributed by atoms with van der Waals surface area (Å²) in [6.45, 7) is 6.92. The third-order valence-electron chi connectivity index (χ3n) is 4.22. The van der Waals surface area contributed by atoms with Crippen LogP contribution in [-0.4, -0.2) is 56.3 Å². The number of nitrogens with zero attached hydrogens (tertiary/aromatic N) is 2. The fourth-order valence-corrected chi connectivity index (χ4v) is 4.67. The molecule has 0 amide bonds. The van der Waals surface area contributed by atoms with Gasteiger partial charge in [0.2, 0.25) is 0 Å². The molecule has 0 bridgehead atoms. The number of nitrogens with one attached hydrogen (secondary N) is 1. The zero-order chi connectivity index (χ0) is 13.7. The highest BCUT2D eigenvalue weighted by molar-refractivity contribution is 7.86. The first kappa shape index (κ1) is 15.2. The van der Waals surface area contributed by atoms with E-state index in [1.807, 2.05) is 0 Å². The summed E-state index contributed by atoms with van der Waals surface area (Å²) in [4.78, 5) is 0. The molecule has 2 fully saturated rings. The Morgan fingerprint density at radius 3 is 2.16 bits per heavy atom. The minimum atomic E-state index is -3.18. The van der Waals surface area contributed by atoms with E-state index in [-0.39, 0.29) is 0 Å². The molecule has 0 saturated carbocycles. The van der Waals surface area contributed by atoms with E-state index in [9.17, 15) is 8.42 Å². The molecule has 112 valence electrons. The Morgan fingerprint density at radius 2 is 1.58 bits per heavy atom. The highest BCUT2D eigenvalue weighted by atomic mass is 32.2. The molecule has 0 unspecified atom stereocenters. The smallest absolute Gasteiger partial charge is 0.281 e. The fraction of sp³-hybridized carbons (Fsp3) is 1.00. The first-order chi connectivity index (χ1) is 9.14. The zero-order valence-corrected chi connectivity index (χ0v) is 12.8. The van der Waals surface area contributed by atoms with Gasteiger partial charge in [-0.25, -0.2) is 0 Å². The van der Waals surface area contributed by atoms with E-state index >= 15 is 0 Å².